The van der Waals surface area contributed by atoms with Crippen LogP contribution >= 0.6 is 0 Å². The maximum Gasteiger partial charge on any atom is 0.227 e. The molecule has 144 valence electrons. The molecule has 3 aromatic rings. The van der Waals surface area contributed by atoms with Crippen LogP contribution in [-0.4, -0.2) is 32.1 Å². The molecule has 0 saturated carbocycles. The molecule has 0 aliphatic carbocycles. The second-order valence-corrected chi connectivity index (χ2v) is 7.24. The molecule has 1 fully saturated rings. The fourth-order valence-corrected chi connectivity index (χ4v) is 3.90. The summed E-state index contributed by atoms with van der Waals surface area (Å²) in [5.74, 6) is -0.231. The minimum atomic E-state index is -0.289. The van der Waals surface area contributed by atoms with E-state index in [1.54, 1.807) is 24.5 Å². The van der Waals surface area contributed by atoms with Crippen molar-refractivity contribution < 1.29 is 9.18 Å². The van der Waals surface area contributed by atoms with Gasteiger partial charge >= 0.3 is 0 Å². The van der Waals surface area contributed by atoms with E-state index in [-0.39, 0.29) is 24.2 Å². The summed E-state index contributed by atoms with van der Waals surface area (Å²) in [6.45, 7) is 0.719. The molecule has 0 radical (unpaired) electrons. The molecule has 1 aliphatic heterocycles. The zero-order valence-electron chi connectivity index (χ0n) is 15.9. The molecular formula is C22H23FN4O. The lowest BCUT2D eigenvalue weighted by molar-refractivity contribution is -0.134. The highest BCUT2D eigenvalue weighted by Gasteiger charge is 2.31. The first-order chi connectivity index (χ1) is 13.6. The number of nitrogens with zero attached hydrogens (tertiary/aromatic N) is 4. The van der Waals surface area contributed by atoms with Crippen LogP contribution in [0.25, 0.3) is 11.1 Å². The highest BCUT2D eigenvalue weighted by Crippen LogP contribution is 2.36. The van der Waals surface area contributed by atoms with Crippen LogP contribution in [0.1, 0.15) is 36.6 Å². The molecule has 1 atom stereocenters. The summed E-state index contributed by atoms with van der Waals surface area (Å²) in [6, 6.07) is 10.0. The van der Waals surface area contributed by atoms with E-state index in [4.69, 9.17) is 5.10 Å². The summed E-state index contributed by atoms with van der Waals surface area (Å²) in [4.78, 5) is 19.1. The zero-order valence-corrected chi connectivity index (χ0v) is 15.9. The van der Waals surface area contributed by atoms with Gasteiger partial charge in [0, 0.05) is 37.7 Å². The van der Waals surface area contributed by atoms with E-state index in [2.05, 4.69) is 4.98 Å². The third kappa shape index (κ3) is 3.81. The molecule has 1 aromatic carbocycles. The van der Waals surface area contributed by atoms with Crippen molar-refractivity contribution in [1.29, 1.82) is 0 Å². The van der Waals surface area contributed by atoms with Crippen LogP contribution < -0.4 is 0 Å². The summed E-state index contributed by atoms with van der Waals surface area (Å²) in [7, 11) is 1.90. The monoisotopic (exact) mass is 378 g/mol. The first-order valence-electron chi connectivity index (χ1n) is 9.59. The molecule has 28 heavy (non-hydrogen) atoms. The number of halogens is 1. The molecule has 6 heteroatoms. The number of piperidine rings is 1. The van der Waals surface area contributed by atoms with Gasteiger partial charge in [0.1, 0.15) is 5.82 Å². The molecule has 0 unspecified atom stereocenters. The number of aromatic nitrogens is 3. The van der Waals surface area contributed by atoms with Gasteiger partial charge in [-0.15, -0.1) is 0 Å². The van der Waals surface area contributed by atoms with Crippen LogP contribution in [0, 0.1) is 5.82 Å². The maximum absolute atomic E-state index is 13.2. The minimum absolute atomic E-state index is 0.0499. The van der Waals surface area contributed by atoms with Gasteiger partial charge < -0.3 is 4.90 Å². The smallest absolute Gasteiger partial charge is 0.227 e. The predicted molar refractivity (Wildman–Crippen MR) is 105 cm³/mol. The van der Waals surface area contributed by atoms with Gasteiger partial charge in [0.05, 0.1) is 18.2 Å². The number of hydrogen-bond acceptors (Lipinski definition) is 3. The molecule has 0 bridgehead atoms. The van der Waals surface area contributed by atoms with Crippen LogP contribution in [0.3, 0.4) is 0 Å². The maximum atomic E-state index is 13.2. The van der Waals surface area contributed by atoms with Crippen molar-refractivity contribution in [2.45, 2.75) is 31.7 Å². The fraction of sp³-hybridized carbons (Fsp3) is 0.318. The average molecular weight is 378 g/mol. The van der Waals surface area contributed by atoms with Crippen molar-refractivity contribution in [2.75, 3.05) is 6.54 Å². The van der Waals surface area contributed by atoms with Gasteiger partial charge in [-0.2, -0.15) is 5.10 Å². The quantitative estimate of drug-likeness (QED) is 0.691. The third-order valence-corrected chi connectivity index (χ3v) is 5.26. The molecule has 1 aliphatic rings. The summed E-state index contributed by atoms with van der Waals surface area (Å²) in [5, 5.41) is 4.71. The lowest BCUT2D eigenvalue weighted by Crippen LogP contribution is -2.39. The summed E-state index contributed by atoms with van der Waals surface area (Å²) in [5.41, 5.74) is 3.85. The Bertz CT molecular complexity index is 952. The number of hydrogen-bond donors (Lipinski definition) is 0. The standard InChI is InChI=1S/C22H23FN4O/c1-26-15-19(17-9-11-24-12-10-17)22(25-26)20-4-2-3-13-27(20)21(28)14-16-5-7-18(23)8-6-16/h5-12,15,20H,2-4,13-14H2,1H3/t20-/m1/s1. The van der Waals surface area contributed by atoms with Crippen LogP contribution in [0.4, 0.5) is 4.39 Å². The minimum Gasteiger partial charge on any atom is -0.334 e. The lowest BCUT2D eigenvalue weighted by Gasteiger charge is -2.35. The van der Waals surface area contributed by atoms with Gasteiger partial charge in [-0.3, -0.25) is 14.5 Å². The number of amides is 1. The molecule has 0 N–H and O–H groups in total. The van der Waals surface area contributed by atoms with Gasteiger partial charge in [0.15, 0.2) is 0 Å². The van der Waals surface area contributed by atoms with E-state index in [0.717, 1.165) is 48.2 Å². The normalized spacial score (nSPS) is 16.9. The largest absolute Gasteiger partial charge is 0.334 e. The van der Waals surface area contributed by atoms with E-state index < -0.39 is 0 Å². The van der Waals surface area contributed by atoms with Crippen molar-refractivity contribution in [3.63, 3.8) is 0 Å². The Morgan fingerprint density at radius 3 is 2.64 bits per heavy atom. The van der Waals surface area contributed by atoms with Crippen LogP contribution in [-0.2, 0) is 18.3 Å². The topological polar surface area (TPSA) is 51.0 Å². The highest BCUT2D eigenvalue weighted by atomic mass is 19.1. The molecular weight excluding hydrogens is 355 g/mol. The van der Waals surface area contributed by atoms with Crippen molar-refractivity contribution in [1.82, 2.24) is 19.7 Å². The Labute approximate surface area is 163 Å². The van der Waals surface area contributed by atoms with E-state index >= 15 is 0 Å². The van der Waals surface area contributed by atoms with Crippen molar-refractivity contribution in [3.8, 4) is 11.1 Å². The number of rotatable bonds is 4. The van der Waals surface area contributed by atoms with E-state index in [9.17, 15) is 9.18 Å². The lowest BCUT2D eigenvalue weighted by atomic mass is 9.94. The third-order valence-electron chi connectivity index (χ3n) is 5.26. The number of carbonyl (C=O) groups excluding carboxylic acids is 1. The Kier molecular flexibility index (Phi) is 5.19. The SMILES string of the molecule is Cn1cc(-c2ccncc2)c([C@H]2CCCCN2C(=O)Cc2ccc(F)cc2)n1. The van der Waals surface area contributed by atoms with Gasteiger partial charge in [0.25, 0.3) is 0 Å². The van der Waals surface area contributed by atoms with Gasteiger partial charge in [-0.1, -0.05) is 12.1 Å². The van der Waals surface area contributed by atoms with Gasteiger partial charge in [-0.25, -0.2) is 4.39 Å². The molecule has 3 heterocycles. The molecule has 5 nitrogen and oxygen atoms in total. The average Bonchev–Trinajstić information content (AvgIpc) is 3.12. The van der Waals surface area contributed by atoms with Crippen LogP contribution in [0.2, 0.25) is 0 Å². The Hall–Kier alpha value is -3.02. The number of pyridine rings is 1. The van der Waals surface area contributed by atoms with Crippen molar-refractivity contribution >= 4 is 5.91 Å². The highest BCUT2D eigenvalue weighted by molar-refractivity contribution is 5.80. The zero-order chi connectivity index (χ0) is 19.5. The van der Waals surface area contributed by atoms with E-state index in [1.807, 2.05) is 35.0 Å². The second-order valence-electron chi connectivity index (χ2n) is 7.24. The summed E-state index contributed by atoms with van der Waals surface area (Å²) in [6.07, 6.45) is 8.76. The Morgan fingerprint density at radius 1 is 1.14 bits per heavy atom. The van der Waals surface area contributed by atoms with Crippen LogP contribution in [0.5, 0.6) is 0 Å². The molecule has 1 amide bonds. The number of benzene rings is 1. The summed E-state index contributed by atoms with van der Waals surface area (Å²) >= 11 is 0. The molecule has 4 rings (SSSR count). The predicted octanol–water partition coefficient (Wildman–Crippen LogP) is 3.92. The number of likely N-dealkylation sites (tertiary alicyclic amines) is 1. The molecule has 0 spiro atoms. The summed E-state index contributed by atoms with van der Waals surface area (Å²) < 4.78 is 15.0. The van der Waals surface area contributed by atoms with Crippen molar-refractivity contribution in [2.24, 2.45) is 7.05 Å². The Morgan fingerprint density at radius 2 is 1.89 bits per heavy atom. The Balaban J connectivity index is 1.63. The van der Waals surface area contributed by atoms with Gasteiger partial charge in [0.2, 0.25) is 5.91 Å². The molecule has 2 aromatic heterocycles. The van der Waals surface area contributed by atoms with E-state index in [0.29, 0.717) is 0 Å². The van der Waals surface area contributed by atoms with Gasteiger partial charge in [-0.05, 0) is 54.7 Å². The van der Waals surface area contributed by atoms with E-state index in [1.165, 1.54) is 12.1 Å². The van der Waals surface area contributed by atoms with Crippen molar-refractivity contribution in [3.05, 3.63) is 72.1 Å². The molecule has 1 saturated heterocycles. The second kappa shape index (κ2) is 7.92. The number of carbonyl (C=O) groups is 1. The first kappa shape index (κ1) is 18.3. The van der Waals surface area contributed by atoms with Crippen LogP contribution in [0.15, 0.2) is 55.0 Å². The first-order valence-corrected chi connectivity index (χ1v) is 9.59. The number of aryl methyl sites for hydroxylation is 1. The fourth-order valence-electron chi connectivity index (χ4n) is 3.90.